The Kier molecular flexibility index (Phi) is 4.35. The van der Waals surface area contributed by atoms with E-state index in [0.29, 0.717) is 11.6 Å². The van der Waals surface area contributed by atoms with E-state index < -0.39 is 0 Å². The average molecular weight is 395 g/mol. The van der Waals surface area contributed by atoms with E-state index in [9.17, 15) is 4.79 Å². The molecule has 0 radical (unpaired) electrons. The molecule has 144 valence electrons. The van der Waals surface area contributed by atoms with Gasteiger partial charge >= 0.3 is 0 Å². The predicted molar refractivity (Wildman–Crippen MR) is 109 cm³/mol. The van der Waals surface area contributed by atoms with Crippen molar-refractivity contribution in [1.29, 1.82) is 0 Å². The summed E-state index contributed by atoms with van der Waals surface area (Å²) in [6, 6.07) is 8.01. The van der Waals surface area contributed by atoms with Gasteiger partial charge in [-0.15, -0.1) is 11.3 Å². The number of hydrogen-bond donors (Lipinski definition) is 2. The van der Waals surface area contributed by atoms with Crippen LogP contribution in [0.4, 0.5) is 5.95 Å². The molecule has 28 heavy (non-hydrogen) atoms. The smallest absolute Gasteiger partial charge is 0.272 e. The zero-order valence-electron chi connectivity index (χ0n) is 15.7. The summed E-state index contributed by atoms with van der Waals surface area (Å²) >= 11 is 1.68. The lowest BCUT2D eigenvalue weighted by molar-refractivity contribution is 0.0935. The van der Waals surface area contributed by atoms with Crippen molar-refractivity contribution >= 4 is 23.2 Å². The number of aromatic nitrogens is 4. The van der Waals surface area contributed by atoms with E-state index in [2.05, 4.69) is 38.4 Å². The maximum Gasteiger partial charge on any atom is 0.272 e. The highest BCUT2D eigenvalue weighted by Gasteiger charge is 2.29. The maximum atomic E-state index is 12.6. The number of hydrogen-bond acceptors (Lipinski definition) is 6. The van der Waals surface area contributed by atoms with Crippen molar-refractivity contribution in [2.75, 3.05) is 18.0 Å². The molecule has 0 spiro atoms. The number of H-pyrrole nitrogens is 1. The molecule has 1 unspecified atom stereocenters. The quantitative estimate of drug-likeness (QED) is 0.694. The fourth-order valence-electron chi connectivity index (χ4n) is 3.58. The first-order valence-electron chi connectivity index (χ1n) is 9.67. The Morgan fingerprint density at radius 1 is 1.29 bits per heavy atom. The number of carbonyl (C=O) groups excluding carboxylic acids is 1. The van der Waals surface area contributed by atoms with Crippen molar-refractivity contribution < 1.29 is 4.79 Å². The maximum absolute atomic E-state index is 12.6. The van der Waals surface area contributed by atoms with Crippen molar-refractivity contribution in [1.82, 2.24) is 25.5 Å². The van der Waals surface area contributed by atoms with Crippen LogP contribution in [0.25, 0.3) is 10.6 Å². The minimum absolute atomic E-state index is 0.0739. The van der Waals surface area contributed by atoms with Crippen molar-refractivity contribution in [2.24, 2.45) is 0 Å². The van der Waals surface area contributed by atoms with E-state index in [0.717, 1.165) is 41.7 Å². The molecule has 5 rings (SSSR count). The Balaban J connectivity index is 1.22. The lowest BCUT2D eigenvalue weighted by Gasteiger charge is -2.17. The minimum Gasteiger partial charge on any atom is -0.346 e. The van der Waals surface area contributed by atoms with E-state index in [4.69, 9.17) is 4.98 Å². The van der Waals surface area contributed by atoms with E-state index in [1.54, 1.807) is 11.3 Å². The van der Waals surface area contributed by atoms with Gasteiger partial charge in [-0.25, -0.2) is 9.97 Å². The van der Waals surface area contributed by atoms with Gasteiger partial charge in [-0.3, -0.25) is 9.89 Å². The van der Waals surface area contributed by atoms with Crippen molar-refractivity contribution in [3.63, 3.8) is 0 Å². The highest BCUT2D eigenvalue weighted by molar-refractivity contribution is 7.15. The third-order valence-corrected chi connectivity index (χ3v) is 6.32. The molecule has 1 saturated heterocycles. The summed E-state index contributed by atoms with van der Waals surface area (Å²) in [5.41, 5.74) is 2.44. The number of nitrogens with one attached hydrogen (secondary N) is 2. The van der Waals surface area contributed by atoms with Gasteiger partial charge in [0, 0.05) is 41.8 Å². The number of aryl methyl sites for hydroxylation is 1. The molecule has 4 heterocycles. The third kappa shape index (κ3) is 3.52. The Morgan fingerprint density at radius 2 is 2.18 bits per heavy atom. The van der Waals surface area contributed by atoms with Crippen LogP contribution in [0.15, 0.2) is 30.5 Å². The van der Waals surface area contributed by atoms with Gasteiger partial charge in [0.25, 0.3) is 5.91 Å². The number of rotatable bonds is 5. The zero-order chi connectivity index (χ0) is 19.1. The predicted octanol–water partition coefficient (Wildman–Crippen LogP) is 3.12. The normalized spacial score (nSPS) is 19.2. The van der Waals surface area contributed by atoms with Gasteiger partial charge in [0.15, 0.2) is 5.69 Å². The first kappa shape index (κ1) is 17.4. The Bertz CT molecular complexity index is 1010. The van der Waals surface area contributed by atoms with Gasteiger partial charge < -0.3 is 10.2 Å². The molecule has 0 bridgehead atoms. The molecule has 1 atom stereocenters. The van der Waals surface area contributed by atoms with Gasteiger partial charge in [-0.2, -0.15) is 5.10 Å². The molecule has 0 aromatic carbocycles. The summed E-state index contributed by atoms with van der Waals surface area (Å²) in [4.78, 5) is 26.2. The minimum atomic E-state index is -0.143. The number of aromatic amines is 1. The molecule has 1 aliphatic carbocycles. The molecule has 7 nitrogen and oxygen atoms in total. The van der Waals surface area contributed by atoms with Crippen LogP contribution in [0.5, 0.6) is 0 Å². The second kappa shape index (κ2) is 7.01. The number of nitrogens with zero attached hydrogens (tertiary/aromatic N) is 4. The van der Waals surface area contributed by atoms with Crippen LogP contribution >= 0.6 is 11.3 Å². The molecular weight excluding hydrogens is 372 g/mol. The zero-order valence-corrected chi connectivity index (χ0v) is 16.5. The van der Waals surface area contributed by atoms with Crippen LogP contribution in [-0.4, -0.2) is 45.2 Å². The molecule has 2 N–H and O–H groups in total. The molecule has 1 aliphatic heterocycles. The van der Waals surface area contributed by atoms with Crippen molar-refractivity contribution in [3.05, 3.63) is 46.7 Å². The first-order chi connectivity index (χ1) is 13.7. The summed E-state index contributed by atoms with van der Waals surface area (Å²) in [6.45, 7) is 3.63. The summed E-state index contributed by atoms with van der Waals surface area (Å²) in [5.74, 6) is 1.24. The molecule has 1 amide bonds. The van der Waals surface area contributed by atoms with Gasteiger partial charge in [0.05, 0.1) is 10.6 Å². The molecule has 3 aromatic heterocycles. The van der Waals surface area contributed by atoms with Gasteiger partial charge in [0.1, 0.15) is 0 Å². The van der Waals surface area contributed by atoms with Gasteiger partial charge in [0.2, 0.25) is 5.95 Å². The third-order valence-electron chi connectivity index (χ3n) is 5.28. The number of amides is 1. The molecular formula is C20H22N6OS. The SMILES string of the molecule is Cc1ccc(-c2cc(C(=O)NC3CCN(c4nccc(C5CC5)n4)C3)n[nH]2)s1. The topological polar surface area (TPSA) is 86.8 Å². The fraction of sp³-hybridized carbons (Fsp3) is 0.400. The van der Waals surface area contributed by atoms with E-state index in [-0.39, 0.29) is 11.9 Å². The molecule has 3 aromatic rings. The molecule has 8 heteroatoms. The van der Waals surface area contributed by atoms with Crippen LogP contribution in [-0.2, 0) is 0 Å². The summed E-state index contributed by atoms with van der Waals surface area (Å²) < 4.78 is 0. The van der Waals surface area contributed by atoms with E-state index >= 15 is 0 Å². The van der Waals surface area contributed by atoms with E-state index in [1.807, 2.05) is 24.4 Å². The van der Waals surface area contributed by atoms with Crippen LogP contribution in [0.3, 0.4) is 0 Å². The monoisotopic (exact) mass is 394 g/mol. The van der Waals surface area contributed by atoms with E-state index in [1.165, 1.54) is 17.7 Å². The standard InChI is InChI=1S/C20H22N6OS/c1-12-2-5-18(28-12)16-10-17(25-24-16)19(27)22-14-7-9-26(11-14)20-21-8-6-15(23-20)13-3-4-13/h2,5-6,8,10,13-14H,3-4,7,9,11H2,1H3,(H,22,27)(H,24,25). The lowest BCUT2D eigenvalue weighted by atomic mass is 10.2. The van der Waals surface area contributed by atoms with Gasteiger partial charge in [-0.1, -0.05) is 0 Å². The Morgan fingerprint density at radius 3 is 2.96 bits per heavy atom. The second-order valence-corrected chi connectivity index (χ2v) is 8.83. The summed E-state index contributed by atoms with van der Waals surface area (Å²) in [6.07, 6.45) is 5.18. The molecule has 2 fully saturated rings. The van der Waals surface area contributed by atoms with Crippen LogP contribution < -0.4 is 10.2 Å². The number of anilines is 1. The number of thiophene rings is 1. The number of carbonyl (C=O) groups is 1. The summed E-state index contributed by atoms with van der Waals surface area (Å²) in [7, 11) is 0. The Labute approximate surface area is 167 Å². The molecule has 2 aliphatic rings. The highest BCUT2D eigenvalue weighted by Crippen LogP contribution is 2.39. The lowest BCUT2D eigenvalue weighted by Crippen LogP contribution is -2.37. The second-order valence-electron chi connectivity index (χ2n) is 7.54. The fourth-order valence-corrected chi connectivity index (χ4v) is 4.42. The van der Waals surface area contributed by atoms with Crippen LogP contribution in [0.2, 0.25) is 0 Å². The highest BCUT2D eigenvalue weighted by atomic mass is 32.1. The van der Waals surface area contributed by atoms with Crippen molar-refractivity contribution in [3.8, 4) is 10.6 Å². The van der Waals surface area contributed by atoms with Crippen LogP contribution in [0, 0.1) is 6.92 Å². The molecule has 1 saturated carbocycles. The van der Waals surface area contributed by atoms with Crippen molar-refractivity contribution in [2.45, 2.75) is 38.1 Å². The summed E-state index contributed by atoms with van der Waals surface area (Å²) in [5, 5.41) is 10.3. The first-order valence-corrected chi connectivity index (χ1v) is 10.5. The Hall–Kier alpha value is -2.74. The van der Waals surface area contributed by atoms with Crippen LogP contribution in [0.1, 0.15) is 46.2 Å². The average Bonchev–Trinajstić information content (AvgIpc) is 3.08. The van der Waals surface area contributed by atoms with Gasteiger partial charge in [-0.05, 0) is 50.5 Å². The largest absolute Gasteiger partial charge is 0.346 e.